The normalized spacial score (nSPS) is 14.8. The van der Waals surface area contributed by atoms with E-state index in [9.17, 15) is 0 Å². The van der Waals surface area contributed by atoms with E-state index in [-0.39, 0.29) is 0 Å². The van der Waals surface area contributed by atoms with Crippen LogP contribution in [0.15, 0.2) is 9.50 Å². The van der Waals surface area contributed by atoms with Crippen molar-refractivity contribution in [3.05, 3.63) is 5.82 Å². The number of aromatic nitrogens is 5. The Labute approximate surface area is 125 Å². The molecule has 20 heavy (non-hydrogen) atoms. The maximum Gasteiger partial charge on any atom is 0.231 e. The third kappa shape index (κ3) is 2.98. The minimum Gasteiger partial charge on any atom is -0.357 e. The fourth-order valence-electron chi connectivity index (χ4n) is 1.96. The van der Waals surface area contributed by atoms with E-state index in [1.54, 1.807) is 0 Å². The summed E-state index contributed by atoms with van der Waals surface area (Å²) >= 11 is 2.79. The van der Waals surface area contributed by atoms with Gasteiger partial charge in [-0.15, -0.1) is 0 Å². The van der Waals surface area contributed by atoms with Crippen LogP contribution in [0.3, 0.4) is 0 Å². The first-order valence-electron chi connectivity index (χ1n) is 6.41. The van der Waals surface area contributed by atoms with E-state index in [2.05, 4.69) is 34.5 Å². The number of aryl methyl sites for hydroxylation is 1. The van der Waals surface area contributed by atoms with Gasteiger partial charge in [0.05, 0.1) is 0 Å². The molecule has 2 aromatic heterocycles. The first-order chi connectivity index (χ1) is 9.74. The molecule has 9 heteroatoms. The standard InChI is InChI=1S/C11H15N7S2/c1-7-13-11(20-17-7)19-10-15-8(12-2)14-9(16-10)18-5-3-4-6-18/h3-6H2,1-2H3,(H,12,14,15,16). The molecule has 3 heterocycles. The van der Waals surface area contributed by atoms with E-state index in [1.807, 2.05) is 14.0 Å². The monoisotopic (exact) mass is 309 g/mol. The largest absolute Gasteiger partial charge is 0.357 e. The molecule has 3 rings (SSSR count). The summed E-state index contributed by atoms with van der Waals surface area (Å²) in [7, 11) is 1.81. The molecule has 1 aliphatic heterocycles. The summed E-state index contributed by atoms with van der Waals surface area (Å²) in [5.74, 6) is 2.11. The second-order valence-corrected chi connectivity index (χ2v) is 6.36. The molecule has 1 saturated heterocycles. The van der Waals surface area contributed by atoms with Gasteiger partial charge in [0.25, 0.3) is 0 Å². The van der Waals surface area contributed by atoms with Crippen molar-refractivity contribution >= 4 is 35.2 Å². The summed E-state index contributed by atoms with van der Waals surface area (Å²) in [6.45, 7) is 3.90. The Hall–Kier alpha value is -1.48. The second kappa shape index (κ2) is 5.88. The Morgan fingerprint density at radius 2 is 1.95 bits per heavy atom. The molecule has 0 saturated carbocycles. The van der Waals surface area contributed by atoms with E-state index in [4.69, 9.17) is 0 Å². The molecule has 2 aromatic rings. The van der Waals surface area contributed by atoms with Gasteiger partial charge in [0.1, 0.15) is 5.82 Å². The maximum absolute atomic E-state index is 4.53. The maximum atomic E-state index is 4.53. The molecule has 1 aliphatic rings. The molecule has 106 valence electrons. The van der Waals surface area contributed by atoms with Crippen LogP contribution < -0.4 is 10.2 Å². The van der Waals surface area contributed by atoms with Gasteiger partial charge in [0.2, 0.25) is 17.1 Å². The predicted molar refractivity (Wildman–Crippen MR) is 79.6 cm³/mol. The topological polar surface area (TPSA) is 79.7 Å². The highest BCUT2D eigenvalue weighted by Gasteiger charge is 2.18. The molecule has 0 radical (unpaired) electrons. The molecular weight excluding hydrogens is 294 g/mol. The second-order valence-electron chi connectivity index (χ2n) is 4.40. The Bertz CT molecular complexity index is 594. The number of nitrogens with zero attached hydrogens (tertiary/aromatic N) is 6. The van der Waals surface area contributed by atoms with Gasteiger partial charge in [-0.3, -0.25) is 0 Å². The Morgan fingerprint density at radius 1 is 1.15 bits per heavy atom. The summed E-state index contributed by atoms with van der Waals surface area (Å²) < 4.78 is 5.02. The molecule has 0 bridgehead atoms. The zero-order valence-corrected chi connectivity index (χ0v) is 13.0. The molecule has 0 atom stereocenters. The molecular formula is C11H15N7S2. The van der Waals surface area contributed by atoms with Crippen LogP contribution >= 0.6 is 23.3 Å². The fraction of sp³-hybridized carbons (Fsp3) is 0.545. The first kappa shape index (κ1) is 13.5. The zero-order valence-electron chi connectivity index (χ0n) is 11.3. The molecule has 0 aromatic carbocycles. The van der Waals surface area contributed by atoms with Gasteiger partial charge in [0, 0.05) is 20.1 Å². The van der Waals surface area contributed by atoms with Crippen molar-refractivity contribution in [2.75, 3.05) is 30.4 Å². The van der Waals surface area contributed by atoms with Crippen LogP contribution in [-0.2, 0) is 0 Å². The summed E-state index contributed by atoms with van der Waals surface area (Å²) in [6, 6.07) is 0. The van der Waals surface area contributed by atoms with Crippen molar-refractivity contribution in [2.45, 2.75) is 29.3 Å². The van der Waals surface area contributed by atoms with E-state index in [0.717, 1.165) is 29.2 Å². The van der Waals surface area contributed by atoms with Crippen LogP contribution in [-0.4, -0.2) is 44.4 Å². The Balaban J connectivity index is 1.87. The van der Waals surface area contributed by atoms with Crippen molar-refractivity contribution in [3.63, 3.8) is 0 Å². The van der Waals surface area contributed by atoms with Crippen LogP contribution in [0.5, 0.6) is 0 Å². The lowest BCUT2D eigenvalue weighted by atomic mass is 10.4. The van der Waals surface area contributed by atoms with Gasteiger partial charge < -0.3 is 10.2 Å². The van der Waals surface area contributed by atoms with Gasteiger partial charge in [0.15, 0.2) is 4.34 Å². The molecule has 0 unspecified atom stereocenters. The molecule has 0 aliphatic carbocycles. The predicted octanol–water partition coefficient (Wildman–Crippen LogP) is 1.82. The molecule has 0 amide bonds. The van der Waals surface area contributed by atoms with E-state index in [1.165, 1.54) is 36.1 Å². The van der Waals surface area contributed by atoms with Crippen molar-refractivity contribution in [1.82, 2.24) is 24.3 Å². The molecule has 7 nitrogen and oxygen atoms in total. The Morgan fingerprint density at radius 3 is 2.60 bits per heavy atom. The lowest BCUT2D eigenvalue weighted by Gasteiger charge is -2.15. The highest BCUT2D eigenvalue weighted by molar-refractivity contribution is 8.00. The lowest BCUT2D eigenvalue weighted by Crippen LogP contribution is -2.21. The van der Waals surface area contributed by atoms with E-state index < -0.39 is 0 Å². The summed E-state index contributed by atoms with van der Waals surface area (Å²) in [5.41, 5.74) is 0. The molecule has 1 N–H and O–H groups in total. The number of hydrogen-bond donors (Lipinski definition) is 1. The molecule has 1 fully saturated rings. The van der Waals surface area contributed by atoms with Gasteiger partial charge in [-0.25, -0.2) is 4.98 Å². The zero-order chi connectivity index (χ0) is 13.9. The van der Waals surface area contributed by atoms with Crippen LogP contribution in [0.2, 0.25) is 0 Å². The SMILES string of the molecule is CNc1nc(Sc2nc(C)ns2)nc(N2CCCC2)n1. The van der Waals surface area contributed by atoms with Gasteiger partial charge in [-0.1, -0.05) is 0 Å². The minimum absolute atomic E-state index is 0.589. The van der Waals surface area contributed by atoms with Crippen LogP contribution in [0.4, 0.5) is 11.9 Å². The minimum atomic E-state index is 0.589. The number of hydrogen-bond acceptors (Lipinski definition) is 9. The summed E-state index contributed by atoms with van der Waals surface area (Å²) in [5, 5.41) is 3.64. The average Bonchev–Trinajstić information content (AvgIpc) is 3.10. The number of rotatable bonds is 4. The van der Waals surface area contributed by atoms with Crippen LogP contribution in [0.25, 0.3) is 0 Å². The van der Waals surface area contributed by atoms with E-state index in [0.29, 0.717) is 11.1 Å². The first-order valence-corrected chi connectivity index (χ1v) is 8.00. The van der Waals surface area contributed by atoms with Crippen molar-refractivity contribution in [1.29, 1.82) is 0 Å². The third-order valence-corrected chi connectivity index (χ3v) is 4.61. The fourth-order valence-corrected chi connectivity index (χ4v) is 3.46. The lowest BCUT2D eigenvalue weighted by molar-refractivity contribution is 0.830. The summed E-state index contributed by atoms with van der Waals surface area (Å²) in [4.78, 5) is 19.8. The smallest absolute Gasteiger partial charge is 0.231 e. The number of anilines is 2. The van der Waals surface area contributed by atoms with Gasteiger partial charge in [-0.05, 0) is 43.1 Å². The third-order valence-electron chi connectivity index (χ3n) is 2.90. The van der Waals surface area contributed by atoms with Crippen molar-refractivity contribution < 1.29 is 0 Å². The number of nitrogens with one attached hydrogen (secondary N) is 1. The van der Waals surface area contributed by atoms with Crippen molar-refractivity contribution in [2.24, 2.45) is 0 Å². The highest BCUT2D eigenvalue weighted by atomic mass is 32.2. The quantitative estimate of drug-likeness (QED) is 0.916. The van der Waals surface area contributed by atoms with Crippen molar-refractivity contribution in [3.8, 4) is 0 Å². The van der Waals surface area contributed by atoms with E-state index >= 15 is 0 Å². The Kier molecular flexibility index (Phi) is 3.97. The summed E-state index contributed by atoms with van der Waals surface area (Å²) in [6.07, 6.45) is 2.39. The highest BCUT2D eigenvalue weighted by Crippen LogP contribution is 2.28. The molecule has 0 spiro atoms. The van der Waals surface area contributed by atoms with Crippen LogP contribution in [0, 0.1) is 6.92 Å². The van der Waals surface area contributed by atoms with Gasteiger partial charge in [-0.2, -0.15) is 19.3 Å². The average molecular weight is 309 g/mol. The van der Waals surface area contributed by atoms with Crippen LogP contribution in [0.1, 0.15) is 18.7 Å². The van der Waals surface area contributed by atoms with Gasteiger partial charge >= 0.3 is 0 Å².